The molecule has 1 aliphatic rings. The van der Waals surface area contributed by atoms with Crippen molar-refractivity contribution in [3.05, 3.63) is 34.4 Å². The Hall–Kier alpha value is -2.17. The lowest BCUT2D eigenvalue weighted by atomic mass is 9.96. The van der Waals surface area contributed by atoms with Gasteiger partial charge in [0.15, 0.2) is 0 Å². The van der Waals surface area contributed by atoms with Crippen LogP contribution in [-0.2, 0) is 9.59 Å². The molecule has 118 valence electrons. The minimum Gasteiger partial charge on any atom is -0.480 e. The van der Waals surface area contributed by atoms with E-state index in [0.717, 1.165) is 29.5 Å². The van der Waals surface area contributed by atoms with Gasteiger partial charge in [0.25, 0.3) is 5.91 Å². The number of hydrogen-bond acceptors (Lipinski definition) is 3. The number of Topliss-reactive ketones (excluding diaryl/α,β-unsaturated/α-hetero) is 1. The van der Waals surface area contributed by atoms with Gasteiger partial charge in [0.1, 0.15) is 6.04 Å². The maximum absolute atomic E-state index is 12.4. The standard InChI is InChI=1S/C17H21NO4/c1-10-8-13(9-11(2)12(10)3)15(19)16(20)18-7-5-4-6-14(18)17(21)22/h8-9,14H,4-7H2,1-3H3,(H,21,22). The van der Waals surface area contributed by atoms with Crippen LogP contribution in [0.4, 0.5) is 0 Å². The fourth-order valence-electron chi connectivity index (χ4n) is 2.85. The Labute approximate surface area is 129 Å². The van der Waals surface area contributed by atoms with Crippen molar-refractivity contribution in [3.8, 4) is 0 Å². The lowest BCUT2D eigenvalue weighted by molar-refractivity contribution is -0.150. The van der Waals surface area contributed by atoms with E-state index in [4.69, 9.17) is 0 Å². The number of carbonyl (C=O) groups excluding carboxylic acids is 2. The average molecular weight is 303 g/mol. The lowest BCUT2D eigenvalue weighted by Crippen LogP contribution is -2.50. The number of carboxylic acid groups (broad SMARTS) is 1. The molecule has 0 aliphatic carbocycles. The summed E-state index contributed by atoms with van der Waals surface area (Å²) >= 11 is 0. The van der Waals surface area contributed by atoms with E-state index < -0.39 is 23.7 Å². The second-order valence-corrected chi connectivity index (χ2v) is 5.91. The molecule has 1 heterocycles. The van der Waals surface area contributed by atoms with Crippen LogP contribution in [0.25, 0.3) is 0 Å². The Morgan fingerprint density at radius 2 is 1.68 bits per heavy atom. The number of hydrogen-bond donors (Lipinski definition) is 1. The summed E-state index contributed by atoms with van der Waals surface area (Å²) < 4.78 is 0. The van der Waals surface area contributed by atoms with Gasteiger partial charge in [-0.05, 0) is 68.9 Å². The second-order valence-electron chi connectivity index (χ2n) is 5.91. The van der Waals surface area contributed by atoms with E-state index in [-0.39, 0.29) is 0 Å². The SMILES string of the molecule is Cc1cc(C(=O)C(=O)N2CCCCC2C(=O)O)cc(C)c1C. The van der Waals surface area contributed by atoms with Crippen molar-refractivity contribution >= 4 is 17.7 Å². The van der Waals surface area contributed by atoms with Crippen molar-refractivity contribution in [2.75, 3.05) is 6.54 Å². The van der Waals surface area contributed by atoms with Crippen LogP contribution in [0.15, 0.2) is 12.1 Å². The molecule has 2 rings (SSSR count). The molecule has 1 aliphatic heterocycles. The predicted octanol–water partition coefficient (Wildman–Crippen LogP) is 2.26. The molecule has 1 N–H and O–H groups in total. The molecule has 1 atom stereocenters. The number of rotatable bonds is 3. The molecule has 5 nitrogen and oxygen atoms in total. The van der Waals surface area contributed by atoms with Crippen LogP contribution in [0.2, 0.25) is 0 Å². The number of aryl methyl sites for hydroxylation is 2. The largest absolute Gasteiger partial charge is 0.480 e. The van der Waals surface area contributed by atoms with Crippen molar-refractivity contribution in [3.63, 3.8) is 0 Å². The molecule has 1 amide bonds. The summed E-state index contributed by atoms with van der Waals surface area (Å²) in [5, 5.41) is 9.23. The van der Waals surface area contributed by atoms with E-state index in [0.29, 0.717) is 18.5 Å². The monoisotopic (exact) mass is 303 g/mol. The topological polar surface area (TPSA) is 74.7 Å². The third kappa shape index (κ3) is 3.03. The van der Waals surface area contributed by atoms with Gasteiger partial charge >= 0.3 is 5.97 Å². The maximum Gasteiger partial charge on any atom is 0.326 e. The van der Waals surface area contributed by atoms with Gasteiger partial charge in [-0.25, -0.2) is 4.79 Å². The molecular formula is C17H21NO4. The van der Waals surface area contributed by atoms with Gasteiger partial charge in [0.05, 0.1) is 0 Å². The van der Waals surface area contributed by atoms with Crippen molar-refractivity contribution < 1.29 is 19.5 Å². The normalized spacial score (nSPS) is 18.1. The number of nitrogens with zero attached hydrogens (tertiary/aromatic N) is 1. The minimum atomic E-state index is -1.04. The highest BCUT2D eigenvalue weighted by Gasteiger charge is 2.35. The molecule has 0 radical (unpaired) electrons. The van der Waals surface area contributed by atoms with Crippen LogP contribution >= 0.6 is 0 Å². The number of benzene rings is 1. The van der Waals surface area contributed by atoms with E-state index in [1.165, 1.54) is 4.90 Å². The van der Waals surface area contributed by atoms with Gasteiger partial charge in [-0.15, -0.1) is 0 Å². The van der Waals surface area contributed by atoms with E-state index in [1.807, 2.05) is 20.8 Å². The number of amides is 1. The smallest absolute Gasteiger partial charge is 0.326 e. The number of carbonyl (C=O) groups is 3. The highest BCUT2D eigenvalue weighted by atomic mass is 16.4. The zero-order chi connectivity index (χ0) is 16.4. The number of aliphatic carboxylic acids is 1. The fraction of sp³-hybridized carbons (Fsp3) is 0.471. The van der Waals surface area contributed by atoms with Gasteiger partial charge < -0.3 is 10.0 Å². The zero-order valence-corrected chi connectivity index (χ0v) is 13.2. The Bertz CT molecular complexity index is 613. The number of likely N-dealkylation sites (tertiary alicyclic amines) is 1. The molecule has 22 heavy (non-hydrogen) atoms. The summed E-state index contributed by atoms with van der Waals surface area (Å²) in [5.74, 6) is -2.38. The van der Waals surface area contributed by atoms with Crippen molar-refractivity contribution in [2.45, 2.75) is 46.1 Å². The molecule has 5 heteroatoms. The number of carboxylic acids is 1. The Balaban J connectivity index is 2.28. The van der Waals surface area contributed by atoms with Gasteiger partial charge in [-0.1, -0.05) is 0 Å². The maximum atomic E-state index is 12.4. The van der Waals surface area contributed by atoms with Crippen LogP contribution in [0, 0.1) is 20.8 Å². The van der Waals surface area contributed by atoms with Crippen LogP contribution < -0.4 is 0 Å². The molecule has 0 saturated carbocycles. The Morgan fingerprint density at radius 1 is 1.09 bits per heavy atom. The van der Waals surface area contributed by atoms with E-state index in [1.54, 1.807) is 12.1 Å². The van der Waals surface area contributed by atoms with Gasteiger partial charge in [0, 0.05) is 12.1 Å². The van der Waals surface area contributed by atoms with E-state index >= 15 is 0 Å². The van der Waals surface area contributed by atoms with Crippen LogP contribution in [0.3, 0.4) is 0 Å². The number of ketones is 1. The quantitative estimate of drug-likeness (QED) is 0.686. The highest BCUT2D eigenvalue weighted by molar-refractivity contribution is 6.43. The molecule has 1 saturated heterocycles. The molecule has 1 aromatic rings. The molecule has 1 fully saturated rings. The summed E-state index contributed by atoms with van der Waals surface area (Å²) in [4.78, 5) is 37.4. The Kier molecular flexibility index (Phi) is 4.64. The van der Waals surface area contributed by atoms with Crippen molar-refractivity contribution in [1.29, 1.82) is 0 Å². The first-order valence-corrected chi connectivity index (χ1v) is 7.49. The third-order valence-corrected chi connectivity index (χ3v) is 4.43. The first-order chi connectivity index (χ1) is 10.3. The van der Waals surface area contributed by atoms with Crippen molar-refractivity contribution in [2.24, 2.45) is 0 Å². The summed E-state index contributed by atoms with van der Waals surface area (Å²) in [5.41, 5.74) is 3.32. The minimum absolute atomic E-state index is 0.325. The first kappa shape index (κ1) is 16.2. The fourth-order valence-corrected chi connectivity index (χ4v) is 2.85. The third-order valence-electron chi connectivity index (χ3n) is 4.43. The summed E-state index contributed by atoms with van der Waals surface area (Å²) in [7, 11) is 0. The molecule has 1 aromatic carbocycles. The predicted molar refractivity (Wildman–Crippen MR) is 82.0 cm³/mol. The number of piperidine rings is 1. The summed E-state index contributed by atoms with van der Waals surface area (Å²) in [6.07, 6.45) is 1.90. The van der Waals surface area contributed by atoms with E-state index in [9.17, 15) is 19.5 Å². The molecule has 0 aromatic heterocycles. The van der Waals surface area contributed by atoms with Crippen molar-refractivity contribution in [1.82, 2.24) is 4.90 Å². The second kappa shape index (κ2) is 6.30. The zero-order valence-electron chi connectivity index (χ0n) is 13.2. The summed E-state index contributed by atoms with van der Waals surface area (Å²) in [6.45, 7) is 6.08. The molecule has 0 bridgehead atoms. The average Bonchev–Trinajstić information content (AvgIpc) is 2.50. The van der Waals surface area contributed by atoms with Gasteiger partial charge in [0.2, 0.25) is 5.78 Å². The van der Waals surface area contributed by atoms with Gasteiger partial charge in [-0.3, -0.25) is 9.59 Å². The van der Waals surface area contributed by atoms with Crippen LogP contribution in [0.1, 0.15) is 46.3 Å². The van der Waals surface area contributed by atoms with E-state index in [2.05, 4.69) is 0 Å². The van der Waals surface area contributed by atoms with Gasteiger partial charge in [-0.2, -0.15) is 0 Å². The lowest BCUT2D eigenvalue weighted by Gasteiger charge is -2.32. The first-order valence-electron chi connectivity index (χ1n) is 7.49. The van der Waals surface area contributed by atoms with Crippen LogP contribution in [0.5, 0.6) is 0 Å². The summed E-state index contributed by atoms with van der Waals surface area (Å²) in [6, 6.07) is 2.50. The molecule has 1 unspecified atom stereocenters. The molecular weight excluding hydrogens is 282 g/mol. The highest BCUT2D eigenvalue weighted by Crippen LogP contribution is 2.20. The molecule has 0 spiro atoms. The Morgan fingerprint density at radius 3 is 2.23 bits per heavy atom. The van der Waals surface area contributed by atoms with Crippen LogP contribution in [-0.4, -0.2) is 40.3 Å².